The molecule has 4 heteroatoms. The molecule has 2 heterocycles. The summed E-state index contributed by atoms with van der Waals surface area (Å²) < 4.78 is 7.53. The zero-order chi connectivity index (χ0) is 14.5. The average molecular weight is 278 g/mol. The van der Waals surface area contributed by atoms with Gasteiger partial charge in [-0.2, -0.15) is 0 Å². The zero-order valence-electron chi connectivity index (χ0n) is 11.3. The molecule has 0 amide bonds. The SMILES string of the molecule is O=Cc1cccn1-c1ccc(OCc2cccnc2)cc1. The van der Waals surface area contributed by atoms with Gasteiger partial charge in [-0.1, -0.05) is 6.07 Å². The summed E-state index contributed by atoms with van der Waals surface area (Å²) in [4.78, 5) is 15.0. The summed E-state index contributed by atoms with van der Waals surface area (Å²) in [7, 11) is 0. The van der Waals surface area contributed by atoms with E-state index >= 15 is 0 Å². The molecule has 4 nitrogen and oxygen atoms in total. The fourth-order valence-corrected chi connectivity index (χ4v) is 2.08. The molecular weight excluding hydrogens is 264 g/mol. The number of nitrogens with zero attached hydrogens (tertiary/aromatic N) is 2. The maximum atomic E-state index is 10.9. The molecule has 0 unspecified atom stereocenters. The average Bonchev–Trinajstić information content (AvgIpc) is 3.03. The smallest absolute Gasteiger partial charge is 0.166 e. The molecule has 0 aliphatic carbocycles. The molecular formula is C17H14N2O2. The molecule has 0 saturated heterocycles. The predicted octanol–water partition coefficient (Wildman–Crippen LogP) is 3.26. The Morgan fingerprint density at radius 2 is 1.95 bits per heavy atom. The predicted molar refractivity (Wildman–Crippen MR) is 79.7 cm³/mol. The van der Waals surface area contributed by atoms with Crippen molar-refractivity contribution in [3.8, 4) is 11.4 Å². The molecule has 104 valence electrons. The van der Waals surface area contributed by atoms with Gasteiger partial charge in [0.15, 0.2) is 6.29 Å². The first-order chi connectivity index (χ1) is 10.4. The third-order valence-electron chi connectivity index (χ3n) is 3.14. The molecule has 0 aliphatic heterocycles. The molecule has 0 saturated carbocycles. The number of benzene rings is 1. The maximum absolute atomic E-state index is 10.9. The van der Waals surface area contributed by atoms with Gasteiger partial charge >= 0.3 is 0 Å². The van der Waals surface area contributed by atoms with Crippen molar-refractivity contribution in [3.05, 3.63) is 78.4 Å². The van der Waals surface area contributed by atoms with E-state index in [0.29, 0.717) is 12.3 Å². The van der Waals surface area contributed by atoms with Gasteiger partial charge in [0, 0.05) is 29.8 Å². The Kier molecular flexibility index (Phi) is 3.78. The van der Waals surface area contributed by atoms with Crippen LogP contribution in [0.5, 0.6) is 5.75 Å². The largest absolute Gasteiger partial charge is 0.489 e. The summed E-state index contributed by atoms with van der Waals surface area (Å²) >= 11 is 0. The monoisotopic (exact) mass is 278 g/mol. The van der Waals surface area contributed by atoms with Crippen LogP contribution < -0.4 is 4.74 Å². The lowest BCUT2D eigenvalue weighted by Crippen LogP contribution is -1.98. The lowest BCUT2D eigenvalue weighted by Gasteiger charge is -2.08. The lowest BCUT2D eigenvalue weighted by molar-refractivity contribution is 0.111. The number of carbonyl (C=O) groups excluding carboxylic acids is 1. The number of carbonyl (C=O) groups is 1. The lowest BCUT2D eigenvalue weighted by atomic mass is 10.3. The Balaban J connectivity index is 1.71. The van der Waals surface area contributed by atoms with E-state index in [-0.39, 0.29) is 0 Å². The maximum Gasteiger partial charge on any atom is 0.166 e. The van der Waals surface area contributed by atoms with Crippen LogP contribution in [0.4, 0.5) is 0 Å². The number of ether oxygens (including phenoxy) is 1. The van der Waals surface area contributed by atoms with Crippen molar-refractivity contribution in [1.29, 1.82) is 0 Å². The molecule has 1 aromatic carbocycles. The normalized spacial score (nSPS) is 10.3. The van der Waals surface area contributed by atoms with Gasteiger partial charge in [-0.3, -0.25) is 9.78 Å². The third kappa shape index (κ3) is 3.00. The van der Waals surface area contributed by atoms with Crippen LogP contribution in [-0.4, -0.2) is 15.8 Å². The van der Waals surface area contributed by atoms with E-state index in [9.17, 15) is 4.79 Å². The minimum Gasteiger partial charge on any atom is -0.489 e. The molecule has 21 heavy (non-hydrogen) atoms. The van der Waals surface area contributed by atoms with Gasteiger partial charge in [-0.15, -0.1) is 0 Å². The van der Waals surface area contributed by atoms with Gasteiger partial charge in [-0.05, 0) is 42.5 Å². The minimum absolute atomic E-state index is 0.482. The number of hydrogen-bond acceptors (Lipinski definition) is 3. The van der Waals surface area contributed by atoms with Gasteiger partial charge in [0.25, 0.3) is 0 Å². The minimum atomic E-state index is 0.482. The number of hydrogen-bond donors (Lipinski definition) is 0. The van der Waals surface area contributed by atoms with Crippen LogP contribution in [0.2, 0.25) is 0 Å². The fraction of sp³-hybridized carbons (Fsp3) is 0.0588. The van der Waals surface area contributed by atoms with E-state index in [1.807, 2.05) is 53.2 Å². The Hall–Kier alpha value is -2.88. The van der Waals surface area contributed by atoms with Crippen molar-refractivity contribution in [2.45, 2.75) is 6.61 Å². The van der Waals surface area contributed by atoms with Crippen molar-refractivity contribution >= 4 is 6.29 Å². The first-order valence-corrected chi connectivity index (χ1v) is 6.61. The van der Waals surface area contributed by atoms with Gasteiger partial charge in [-0.25, -0.2) is 0 Å². The number of pyridine rings is 1. The highest BCUT2D eigenvalue weighted by molar-refractivity contribution is 5.73. The second-order valence-corrected chi connectivity index (χ2v) is 4.56. The molecule has 0 spiro atoms. The first-order valence-electron chi connectivity index (χ1n) is 6.61. The van der Waals surface area contributed by atoms with Crippen LogP contribution in [-0.2, 0) is 6.61 Å². The molecule has 0 radical (unpaired) electrons. The van der Waals surface area contributed by atoms with Gasteiger partial charge < -0.3 is 9.30 Å². The third-order valence-corrected chi connectivity index (χ3v) is 3.14. The van der Waals surface area contributed by atoms with Crippen LogP contribution in [0, 0.1) is 0 Å². The molecule has 0 fully saturated rings. The Morgan fingerprint density at radius 3 is 2.67 bits per heavy atom. The number of aldehydes is 1. The Morgan fingerprint density at radius 1 is 1.10 bits per heavy atom. The highest BCUT2D eigenvalue weighted by Crippen LogP contribution is 2.18. The molecule has 0 aliphatic rings. The van der Waals surface area contributed by atoms with Crippen molar-refractivity contribution < 1.29 is 9.53 Å². The number of aromatic nitrogens is 2. The Bertz CT molecular complexity index is 718. The summed E-state index contributed by atoms with van der Waals surface area (Å²) in [5, 5.41) is 0. The summed E-state index contributed by atoms with van der Waals surface area (Å²) in [6.45, 7) is 0.482. The van der Waals surface area contributed by atoms with Gasteiger partial charge in [0.05, 0.1) is 5.69 Å². The quantitative estimate of drug-likeness (QED) is 0.673. The van der Waals surface area contributed by atoms with Crippen LogP contribution >= 0.6 is 0 Å². The molecule has 3 rings (SSSR count). The van der Waals surface area contributed by atoms with Crippen LogP contribution in [0.15, 0.2) is 67.1 Å². The highest BCUT2D eigenvalue weighted by Gasteiger charge is 2.02. The molecule has 2 aromatic heterocycles. The molecule has 0 bridgehead atoms. The molecule has 3 aromatic rings. The fourth-order valence-electron chi connectivity index (χ4n) is 2.08. The second kappa shape index (κ2) is 6.05. The van der Waals surface area contributed by atoms with Gasteiger partial charge in [0.1, 0.15) is 12.4 Å². The van der Waals surface area contributed by atoms with Crippen molar-refractivity contribution in [3.63, 3.8) is 0 Å². The molecule has 0 N–H and O–H groups in total. The standard InChI is InChI=1S/C17H14N2O2/c20-12-16-4-2-10-19(16)15-5-7-17(8-6-15)21-13-14-3-1-9-18-11-14/h1-12H,13H2. The summed E-state index contributed by atoms with van der Waals surface area (Å²) in [6.07, 6.45) is 6.21. The van der Waals surface area contributed by atoms with Crippen LogP contribution in [0.3, 0.4) is 0 Å². The van der Waals surface area contributed by atoms with E-state index in [1.165, 1.54) is 0 Å². The number of rotatable bonds is 5. The van der Waals surface area contributed by atoms with E-state index < -0.39 is 0 Å². The van der Waals surface area contributed by atoms with Crippen molar-refractivity contribution in [2.24, 2.45) is 0 Å². The Labute approximate surface area is 122 Å². The zero-order valence-corrected chi connectivity index (χ0v) is 11.3. The van der Waals surface area contributed by atoms with Crippen LogP contribution in [0.25, 0.3) is 5.69 Å². The van der Waals surface area contributed by atoms with E-state index in [4.69, 9.17) is 4.74 Å². The van der Waals surface area contributed by atoms with E-state index in [2.05, 4.69) is 4.98 Å². The van der Waals surface area contributed by atoms with Crippen molar-refractivity contribution in [1.82, 2.24) is 9.55 Å². The summed E-state index contributed by atoms with van der Waals surface area (Å²) in [6, 6.07) is 15.1. The van der Waals surface area contributed by atoms with Crippen molar-refractivity contribution in [2.75, 3.05) is 0 Å². The second-order valence-electron chi connectivity index (χ2n) is 4.56. The van der Waals surface area contributed by atoms with Crippen LogP contribution in [0.1, 0.15) is 16.1 Å². The van der Waals surface area contributed by atoms with E-state index in [1.54, 1.807) is 18.5 Å². The topological polar surface area (TPSA) is 44.1 Å². The first kappa shape index (κ1) is 13.1. The highest BCUT2D eigenvalue weighted by atomic mass is 16.5. The molecule has 0 atom stereocenters. The summed E-state index contributed by atoms with van der Waals surface area (Å²) in [5.41, 5.74) is 2.57. The summed E-state index contributed by atoms with van der Waals surface area (Å²) in [5.74, 6) is 0.780. The van der Waals surface area contributed by atoms with E-state index in [0.717, 1.165) is 23.3 Å². The van der Waals surface area contributed by atoms with Gasteiger partial charge in [0.2, 0.25) is 0 Å².